The highest BCUT2D eigenvalue weighted by molar-refractivity contribution is 8.32. The number of aromatic nitrogens is 3. The summed E-state index contributed by atoms with van der Waals surface area (Å²) in [6.45, 7) is 0.253. The molecule has 1 amide bonds. The Morgan fingerprint density at radius 3 is 2.48 bits per heavy atom. The summed E-state index contributed by atoms with van der Waals surface area (Å²) in [7, 11) is -0.848. The second-order valence-corrected chi connectivity index (χ2v) is 13.6. The molecule has 0 aliphatic heterocycles. The molecule has 1 aromatic carbocycles. The molecule has 33 heavy (non-hydrogen) atoms. The van der Waals surface area contributed by atoms with Crippen LogP contribution in [-0.2, 0) is 17.6 Å². The molecule has 0 unspecified atom stereocenters. The van der Waals surface area contributed by atoms with Gasteiger partial charge in [0.05, 0.1) is 34.8 Å². The summed E-state index contributed by atoms with van der Waals surface area (Å²) in [5, 5.41) is 6.12. The molecular formula is C21H23Cl2F3N4O2S. The van der Waals surface area contributed by atoms with Gasteiger partial charge < -0.3 is 15.0 Å². The van der Waals surface area contributed by atoms with E-state index in [4.69, 9.17) is 33.7 Å². The van der Waals surface area contributed by atoms with Gasteiger partial charge in [0.25, 0.3) is 5.91 Å². The van der Waals surface area contributed by atoms with Crippen molar-refractivity contribution < 1.29 is 22.7 Å². The number of nitrogens with two attached hydrogens (primary N) is 1. The van der Waals surface area contributed by atoms with Crippen molar-refractivity contribution in [1.82, 2.24) is 14.8 Å². The van der Waals surface area contributed by atoms with Gasteiger partial charge in [-0.15, -0.1) is 0 Å². The van der Waals surface area contributed by atoms with Gasteiger partial charge >= 0.3 is 6.18 Å². The van der Waals surface area contributed by atoms with Crippen molar-refractivity contribution in [2.45, 2.75) is 12.9 Å². The molecule has 0 aliphatic carbocycles. The lowest BCUT2D eigenvalue weighted by Crippen LogP contribution is -2.15. The molecule has 2 heterocycles. The van der Waals surface area contributed by atoms with Crippen molar-refractivity contribution in [2.24, 2.45) is 5.73 Å². The van der Waals surface area contributed by atoms with Crippen LogP contribution < -0.4 is 5.73 Å². The fraction of sp³-hybridized carbons (Fsp3) is 0.333. The van der Waals surface area contributed by atoms with Crippen LogP contribution in [0.15, 0.2) is 30.5 Å². The minimum atomic E-state index is -4.69. The number of nitrogens with zero attached hydrogens (tertiary/aromatic N) is 2. The summed E-state index contributed by atoms with van der Waals surface area (Å²) in [6, 6.07) is 5.91. The number of carbonyl (C=O) groups excluding carboxylic acids is 1. The largest absolute Gasteiger partial charge is 0.433 e. The second kappa shape index (κ2) is 9.61. The minimum absolute atomic E-state index is 0.00593. The monoisotopic (exact) mass is 522 g/mol. The molecule has 180 valence electrons. The fourth-order valence-electron chi connectivity index (χ4n) is 3.23. The number of alkyl halides is 3. The molecular weight excluding hydrogens is 500 g/mol. The van der Waals surface area contributed by atoms with Crippen LogP contribution in [0.25, 0.3) is 22.5 Å². The van der Waals surface area contributed by atoms with Crippen LogP contribution in [0, 0.1) is 0 Å². The molecule has 0 radical (unpaired) electrons. The van der Waals surface area contributed by atoms with Gasteiger partial charge in [0.1, 0.15) is 12.4 Å². The number of hydrogen-bond acceptors (Lipinski definition) is 3. The molecule has 3 N–H and O–H groups in total. The van der Waals surface area contributed by atoms with Gasteiger partial charge in [-0.25, -0.2) is 10.0 Å². The average molecular weight is 523 g/mol. The van der Waals surface area contributed by atoms with Crippen LogP contribution in [0.2, 0.25) is 10.0 Å². The third-order valence-electron chi connectivity index (χ3n) is 4.81. The number of primary amides is 1. The van der Waals surface area contributed by atoms with Crippen LogP contribution in [0.4, 0.5) is 13.2 Å². The van der Waals surface area contributed by atoms with E-state index in [0.29, 0.717) is 17.2 Å². The van der Waals surface area contributed by atoms with Gasteiger partial charge in [-0.2, -0.15) is 18.3 Å². The summed E-state index contributed by atoms with van der Waals surface area (Å²) in [4.78, 5) is 12.3. The number of nitrogens with one attached hydrogen (secondary N) is 1. The highest BCUT2D eigenvalue weighted by Gasteiger charge is 2.37. The van der Waals surface area contributed by atoms with Gasteiger partial charge in [-0.3, -0.25) is 9.89 Å². The second-order valence-electron chi connectivity index (χ2n) is 8.20. The lowest BCUT2D eigenvalue weighted by molar-refractivity contribution is -0.140. The Morgan fingerprint density at radius 2 is 1.91 bits per heavy atom. The highest BCUT2D eigenvalue weighted by Crippen LogP contribution is 2.41. The van der Waals surface area contributed by atoms with Gasteiger partial charge in [-0.1, -0.05) is 23.2 Å². The molecule has 0 saturated carbocycles. The Kier molecular flexibility index (Phi) is 7.42. The van der Waals surface area contributed by atoms with E-state index < -0.39 is 27.8 Å². The Morgan fingerprint density at radius 1 is 1.21 bits per heavy atom. The van der Waals surface area contributed by atoms with Crippen molar-refractivity contribution in [3.8, 4) is 22.5 Å². The van der Waals surface area contributed by atoms with E-state index in [0.717, 1.165) is 11.9 Å². The average Bonchev–Trinajstić information content (AvgIpc) is 3.29. The zero-order valence-electron chi connectivity index (χ0n) is 18.1. The summed E-state index contributed by atoms with van der Waals surface area (Å²) in [5.41, 5.74) is 4.97. The molecule has 0 fully saturated rings. The van der Waals surface area contributed by atoms with E-state index in [9.17, 15) is 18.0 Å². The molecule has 0 aliphatic rings. The van der Waals surface area contributed by atoms with Crippen LogP contribution in [0.1, 0.15) is 16.1 Å². The zero-order chi connectivity index (χ0) is 24.6. The molecule has 0 atom stereocenters. The minimum Gasteiger partial charge on any atom is -0.366 e. The van der Waals surface area contributed by atoms with Crippen LogP contribution in [0.3, 0.4) is 0 Å². The number of benzene rings is 1. The van der Waals surface area contributed by atoms with Gasteiger partial charge in [0, 0.05) is 21.9 Å². The molecule has 3 aromatic rings. The van der Waals surface area contributed by atoms with Crippen molar-refractivity contribution in [2.75, 3.05) is 31.1 Å². The first-order valence-corrected chi connectivity index (χ1v) is 13.4. The fourth-order valence-corrected chi connectivity index (χ4v) is 4.34. The number of hydrogen-bond donors (Lipinski definition) is 2. The van der Waals surface area contributed by atoms with Gasteiger partial charge in [0.15, 0.2) is 0 Å². The number of aromatic amines is 1. The lowest BCUT2D eigenvalue weighted by Gasteiger charge is -2.25. The van der Waals surface area contributed by atoms with Gasteiger partial charge in [-0.05, 0) is 43.0 Å². The van der Waals surface area contributed by atoms with Crippen molar-refractivity contribution in [3.05, 3.63) is 51.8 Å². The van der Waals surface area contributed by atoms with Crippen molar-refractivity contribution >= 4 is 39.1 Å². The molecule has 0 bridgehead atoms. The first-order valence-electron chi connectivity index (χ1n) is 9.63. The maximum absolute atomic E-state index is 13.6. The van der Waals surface area contributed by atoms with E-state index in [1.165, 1.54) is 16.7 Å². The van der Waals surface area contributed by atoms with Crippen LogP contribution >= 0.6 is 33.2 Å². The summed E-state index contributed by atoms with van der Waals surface area (Å²) in [6.07, 6.45) is 2.74. The predicted octanol–water partition coefficient (Wildman–Crippen LogP) is 5.64. The van der Waals surface area contributed by atoms with Crippen molar-refractivity contribution in [3.63, 3.8) is 0 Å². The molecule has 6 nitrogen and oxygen atoms in total. The standard InChI is InChI=1S/C21H23Cl2F3N4O2S/c1-33(2,3)7-6-32-11-30-17(15-10-28-29-19(15)21(24,25)26)9-14(20(27)31)18(30)13-5-4-12(22)8-16(13)23/h4-5,8-10H,6-7,11H2,1-3H3,(H2,27,31)(H,28,29). The molecule has 12 heteroatoms. The summed E-state index contributed by atoms with van der Waals surface area (Å²) < 4.78 is 48.1. The molecule has 2 aromatic heterocycles. The van der Waals surface area contributed by atoms with E-state index in [2.05, 4.69) is 23.9 Å². The highest BCUT2D eigenvalue weighted by atomic mass is 35.5. The number of halogens is 5. The van der Waals surface area contributed by atoms with E-state index in [-0.39, 0.29) is 34.3 Å². The quantitative estimate of drug-likeness (QED) is 0.375. The Labute approximate surface area is 200 Å². The van der Waals surface area contributed by atoms with E-state index >= 15 is 0 Å². The number of rotatable bonds is 8. The number of amides is 1. The zero-order valence-corrected chi connectivity index (χ0v) is 20.4. The summed E-state index contributed by atoms with van der Waals surface area (Å²) in [5.74, 6) is -0.0322. The molecule has 3 rings (SSSR count). The van der Waals surface area contributed by atoms with E-state index in [1.54, 1.807) is 12.1 Å². The first kappa shape index (κ1) is 25.5. The van der Waals surface area contributed by atoms with Gasteiger partial charge in [0.2, 0.25) is 0 Å². The Balaban J connectivity index is 2.21. The van der Waals surface area contributed by atoms with Crippen molar-refractivity contribution in [1.29, 1.82) is 0 Å². The first-order chi connectivity index (χ1) is 15.3. The summed E-state index contributed by atoms with van der Waals surface area (Å²) >= 11 is 12.4. The predicted molar refractivity (Wildman–Crippen MR) is 127 cm³/mol. The third-order valence-corrected chi connectivity index (χ3v) is 6.75. The van der Waals surface area contributed by atoms with Crippen LogP contribution in [0.5, 0.6) is 0 Å². The third kappa shape index (κ3) is 5.87. The van der Waals surface area contributed by atoms with Crippen LogP contribution in [-0.4, -0.2) is 51.8 Å². The molecule has 0 saturated heterocycles. The maximum Gasteiger partial charge on any atom is 0.433 e. The number of ether oxygens (including phenoxy) is 1. The SMILES string of the molecule is CS(C)(C)CCOCn1c(-c2cn[nH]c2C(F)(F)F)cc(C(N)=O)c1-c1ccc(Cl)cc1Cl. The normalized spacial score (nSPS) is 12.8. The van der Waals surface area contributed by atoms with E-state index in [1.807, 2.05) is 5.10 Å². The number of carbonyl (C=O) groups is 1. The Bertz CT molecular complexity index is 1170. The number of H-pyrrole nitrogens is 1. The lowest BCUT2D eigenvalue weighted by atomic mass is 10.1. The Hall–Kier alpha value is -2.14. The topological polar surface area (TPSA) is 85.9 Å². The smallest absolute Gasteiger partial charge is 0.366 e. The molecule has 0 spiro atoms. The maximum atomic E-state index is 13.6.